The second-order valence-corrected chi connectivity index (χ2v) is 3.16. The van der Waals surface area contributed by atoms with Crippen molar-refractivity contribution in [2.45, 2.75) is 13.3 Å². The summed E-state index contributed by atoms with van der Waals surface area (Å²) in [5.41, 5.74) is 0. The molecule has 1 radical (unpaired) electrons. The van der Waals surface area contributed by atoms with Gasteiger partial charge in [-0.25, -0.2) is 0 Å². The molecule has 0 aliphatic heterocycles. The molecule has 0 atom stereocenters. The Labute approximate surface area is 82.2 Å². The highest BCUT2D eigenvalue weighted by Gasteiger charge is 2.00. The molecule has 0 aromatic heterocycles. The lowest BCUT2D eigenvalue weighted by Crippen LogP contribution is -1.95. The Morgan fingerprint density at radius 3 is 2.83 bits per heavy atom. The predicted octanol–water partition coefficient (Wildman–Crippen LogP) is 3.58. The van der Waals surface area contributed by atoms with E-state index in [1.165, 1.54) is 0 Å². The largest absolute Gasteiger partial charge is 0.492 e. The standard InChI is InChI=1S/C9H9Cl2O/c1-2-5-12-9-4-3-7(10)6-8(9)11/h4,6H,2,5H2,1H3. The van der Waals surface area contributed by atoms with Gasteiger partial charge in [-0.2, -0.15) is 0 Å². The number of halogens is 2. The van der Waals surface area contributed by atoms with Gasteiger partial charge in [-0.05, 0) is 18.6 Å². The molecule has 0 aliphatic rings. The van der Waals surface area contributed by atoms with Crippen LogP contribution in [0.2, 0.25) is 10.0 Å². The Hall–Kier alpha value is -0.400. The Kier molecular flexibility index (Phi) is 3.70. The second kappa shape index (κ2) is 4.58. The third-order valence-electron chi connectivity index (χ3n) is 1.29. The zero-order chi connectivity index (χ0) is 8.97. The van der Waals surface area contributed by atoms with E-state index in [2.05, 4.69) is 6.07 Å². The number of benzene rings is 1. The van der Waals surface area contributed by atoms with E-state index >= 15 is 0 Å². The maximum absolute atomic E-state index is 5.84. The lowest BCUT2D eigenvalue weighted by atomic mass is 10.3. The first-order valence-corrected chi connectivity index (χ1v) is 4.49. The summed E-state index contributed by atoms with van der Waals surface area (Å²) in [6, 6.07) is 6.08. The van der Waals surface area contributed by atoms with Crippen molar-refractivity contribution in [3.8, 4) is 5.75 Å². The molecule has 0 amide bonds. The Balaban J connectivity index is 2.72. The SMILES string of the molecule is CCCOc1c[c]c(Cl)cc1Cl. The van der Waals surface area contributed by atoms with E-state index in [0.29, 0.717) is 22.4 Å². The van der Waals surface area contributed by atoms with Crippen LogP contribution in [0.5, 0.6) is 5.75 Å². The van der Waals surface area contributed by atoms with Crippen LogP contribution in [-0.4, -0.2) is 6.61 Å². The summed E-state index contributed by atoms with van der Waals surface area (Å²) in [7, 11) is 0. The summed E-state index contributed by atoms with van der Waals surface area (Å²) in [6.45, 7) is 2.70. The second-order valence-electron chi connectivity index (χ2n) is 2.34. The number of hydrogen-bond donors (Lipinski definition) is 0. The third kappa shape index (κ3) is 2.58. The fraction of sp³-hybridized carbons (Fsp3) is 0.333. The molecule has 0 aliphatic carbocycles. The fourth-order valence-electron chi connectivity index (χ4n) is 0.750. The quantitative estimate of drug-likeness (QED) is 0.730. The minimum atomic E-state index is 0.504. The minimum absolute atomic E-state index is 0.504. The number of rotatable bonds is 3. The van der Waals surface area contributed by atoms with E-state index in [1.54, 1.807) is 12.1 Å². The lowest BCUT2D eigenvalue weighted by Gasteiger charge is -2.05. The lowest BCUT2D eigenvalue weighted by molar-refractivity contribution is 0.317. The fourth-order valence-corrected chi connectivity index (χ4v) is 1.19. The maximum atomic E-state index is 5.84. The van der Waals surface area contributed by atoms with Crippen LogP contribution in [0.3, 0.4) is 0 Å². The minimum Gasteiger partial charge on any atom is -0.492 e. The van der Waals surface area contributed by atoms with Crippen LogP contribution < -0.4 is 4.74 Å². The van der Waals surface area contributed by atoms with Gasteiger partial charge in [-0.1, -0.05) is 30.1 Å². The Morgan fingerprint density at radius 1 is 1.50 bits per heavy atom. The molecule has 1 rings (SSSR count). The van der Waals surface area contributed by atoms with E-state index in [9.17, 15) is 0 Å². The van der Waals surface area contributed by atoms with Crippen molar-refractivity contribution in [1.29, 1.82) is 0 Å². The molecular weight excluding hydrogens is 195 g/mol. The molecule has 3 heteroatoms. The highest BCUT2D eigenvalue weighted by molar-refractivity contribution is 6.35. The van der Waals surface area contributed by atoms with E-state index in [4.69, 9.17) is 27.9 Å². The number of ether oxygens (including phenoxy) is 1. The predicted molar refractivity (Wildman–Crippen MR) is 51.1 cm³/mol. The Morgan fingerprint density at radius 2 is 2.25 bits per heavy atom. The average molecular weight is 204 g/mol. The van der Waals surface area contributed by atoms with Gasteiger partial charge in [-0.15, -0.1) is 0 Å². The van der Waals surface area contributed by atoms with Gasteiger partial charge in [0.05, 0.1) is 16.7 Å². The average Bonchev–Trinajstić information content (AvgIpc) is 2.03. The molecule has 1 nitrogen and oxygen atoms in total. The highest BCUT2D eigenvalue weighted by atomic mass is 35.5. The molecule has 1 aromatic carbocycles. The summed E-state index contributed by atoms with van der Waals surface area (Å²) < 4.78 is 5.32. The molecule has 0 bridgehead atoms. The van der Waals surface area contributed by atoms with E-state index < -0.39 is 0 Å². The van der Waals surface area contributed by atoms with Gasteiger partial charge in [0, 0.05) is 6.07 Å². The molecule has 0 saturated carbocycles. The molecular formula is C9H9Cl2O. The normalized spacial score (nSPS) is 9.92. The highest BCUT2D eigenvalue weighted by Crippen LogP contribution is 2.26. The molecule has 65 valence electrons. The summed E-state index contributed by atoms with van der Waals surface area (Å²) in [4.78, 5) is 0. The van der Waals surface area contributed by atoms with Crippen molar-refractivity contribution < 1.29 is 4.74 Å². The van der Waals surface area contributed by atoms with Gasteiger partial charge in [0.15, 0.2) is 0 Å². The van der Waals surface area contributed by atoms with Crippen LogP contribution in [0.4, 0.5) is 0 Å². The first-order chi connectivity index (χ1) is 5.74. The molecule has 0 unspecified atom stereocenters. The summed E-state index contributed by atoms with van der Waals surface area (Å²) >= 11 is 11.5. The van der Waals surface area contributed by atoms with Gasteiger partial charge in [0.1, 0.15) is 5.75 Å². The van der Waals surface area contributed by atoms with Gasteiger partial charge in [-0.3, -0.25) is 0 Å². The summed E-state index contributed by atoms with van der Waals surface area (Å²) in [5, 5.41) is 1.04. The first-order valence-electron chi connectivity index (χ1n) is 3.73. The van der Waals surface area contributed by atoms with Crippen molar-refractivity contribution in [2.24, 2.45) is 0 Å². The van der Waals surface area contributed by atoms with Crippen molar-refractivity contribution in [3.63, 3.8) is 0 Å². The van der Waals surface area contributed by atoms with Crippen LogP contribution in [0, 0.1) is 6.07 Å². The summed E-state index contributed by atoms with van der Waals surface area (Å²) in [6.07, 6.45) is 0.957. The van der Waals surface area contributed by atoms with E-state index in [1.807, 2.05) is 6.92 Å². The van der Waals surface area contributed by atoms with Crippen molar-refractivity contribution in [1.82, 2.24) is 0 Å². The monoisotopic (exact) mass is 203 g/mol. The van der Waals surface area contributed by atoms with E-state index in [0.717, 1.165) is 6.42 Å². The van der Waals surface area contributed by atoms with Crippen molar-refractivity contribution in [2.75, 3.05) is 6.61 Å². The summed E-state index contributed by atoms with van der Waals surface area (Å²) in [5.74, 6) is 0.642. The van der Waals surface area contributed by atoms with Crippen molar-refractivity contribution in [3.05, 3.63) is 28.2 Å². The molecule has 0 saturated heterocycles. The zero-order valence-corrected chi connectivity index (χ0v) is 8.24. The van der Waals surface area contributed by atoms with E-state index in [-0.39, 0.29) is 0 Å². The maximum Gasteiger partial charge on any atom is 0.138 e. The molecule has 0 N–H and O–H groups in total. The Bertz CT molecular complexity index is 261. The van der Waals surface area contributed by atoms with Gasteiger partial charge in [0.2, 0.25) is 0 Å². The molecule has 1 aromatic rings. The van der Waals surface area contributed by atoms with Gasteiger partial charge >= 0.3 is 0 Å². The molecule has 0 heterocycles. The number of hydrogen-bond acceptors (Lipinski definition) is 1. The zero-order valence-electron chi connectivity index (χ0n) is 6.73. The van der Waals surface area contributed by atoms with Crippen LogP contribution in [-0.2, 0) is 0 Å². The molecule has 12 heavy (non-hydrogen) atoms. The van der Waals surface area contributed by atoms with Gasteiger partial charge < -0.3 is 4.74 Å². The van der Waals surface area contributed by atoms with Crippen LogP contribution in [0.25, 0.3) is 0 Å². The van der Waals surface area contributed by atoms with Crippen molar-refractivity contribution >= 4 is 23.2 Å². The van der Waals surface area contributed by atoms with Crippen LogP contribution >= 0.6 is 23.2 Å². The van der Waals surface area contributed by atoms with Crippen LogP contribution in [0.15, 0.2) is 12.1 Å². The third-order valence-corrected chi connectivity index (χ3v) is 1.81. The molecule has 0 fully saturated rings. The first kappa shape index (κ1) is 9.69. The van der Waals surface area contributed by atoms with Crippen LogP contribution in [0.1, 0.15) is 13.3 Å². The topological polar surface area (TPSA) is 9.23 Å². The molecule has 0 spiro atoms. The smallest absolute Gasteiger partial charge is 0.138 e. The van der Waals surface area contributed by atoms with Gasteiger partial charge in [0.25, 0.3) is 0 Å².